The summed E-state index contributed by atoms with van der Waals surface area (Å²) in [6.45, 7) is 7.18. The number of fused-ring (bicyclic) bond motifs is 1. The molecule has 9 heteroatoms. The molecule has 1 fully saturated rings. The van der Waals surface area contributed by atoms with E-state index in [4.69, 9.17) is 4.74 Å². The summed E-state index contributed by atoms with van der Waals surface area (Å²) in [5, 5.41) is 0.752. The van der Waals surface area contributed by atoms with Gasteiger partial charge in [-0.05, 0) is 48.4 Å². The zero-order valence-electron chi connectivity index (χ0n) is 17.2. The lowest BCUT2D eigenvalue weighted by Crippen LogP contribution is -2.45. The van der Waals surface area contributed by atoms with Crippen molar-refractivity contribution in [2.24, 2.45) is 0 Å². The maximum atomic E-state index is 13.0. The van der Waals surface area contributed by atoms with Crippen LogP contribution in [0.1, 0.15) is 23.6 Å². The average molecular weight is 449 g/mol. The van der Waals surface area contributed by atoms with Crippen molar-refractivity contribution in [3.8, 4) is 5.75 Å². The Morgan fingerprint density at radius 1 is 1.13 bits per heavy atom. The zero-order chi connectivity index (χ0) is 22.2. The molecule has 164 valence electrons. The Hall–Kier alpha value is -2.65. The molecule has 0 unspecified atom stereocenters. The lowest BCUT2D eigenvalue weighted by Gasteiger charge is -2.34. The second-order valence-electron chi connectivity index (χ2n) is 7.69. The number of aryl methyl sites for hydroxylation is 1. The number of ether oxygens (including phenoxy) is 1. The van der Waals surface area contributed by atoms with Crippen LogP contribution < -0.4 is 9.64 Å². The third kappa shape index (κ3) is 5.16. The van der Waals surface area contributed by atoms with Gasteiger partial charge in [0.2, 0.25) is 0 Å². The summed E-state index contributed by atoms with van der Waals surface area (Å²) in [5.41, 5.74) is 2.05. The number of aromatic nitrogens is 1. The number of alkyl halides is 3. The number of hydrogen-bond donors (Lipinski definition) is 0. The predicted molar refractivity (Wildman–Crippen MR) is 115 cm³/mol. The van der Waals surface area contributed by atoms with Crippen LogP contribution in [0, 0.1) is 6.92 Å². The molecule has 1 aliphatic heterocycles. The minimum absolute atomic E-state index is 0.344. The molecule has 2 aromatic carbocycles. The Bertz CT molecular complexity index is 1110. The van der Waals surface area contributed by atoms with Gasteiger partial charge < -0.3 is 9.64 Å². The zero-order valence-corrected chi connectivity index (χ0v) is 18.0. The van der Waals surface area contributed by atoms with Gasteiger partial charge in [-0.25, -0.2) is 4.98 Å². The number of hydrogen-bond acceptors (Lipinski definition) is 6. The maximum absolute atomic E-state index is 13.0. The number of rotatable bonds is 4. The third-order valence-electron chi connectivity index (χ3n) is 5.13. The van der Waals surface area contributed by atoms with E-state index in [1.807, 2.05) is 19.1 Å². The number of carbonyl (C=O) groups excluding carboxylic acids is 1. The number of nitrogens with zero attached hydrogens (tertiary/aromatic N) is 3. The predicted octanol–water partition coefficient (Wildman–Crippen LogP) is 4.87. The quantitative estimate of drug-likeness (QED) is 0.420. The largest absolute Gasteiger partial charge is 0.427 e. The maximum Gasteiger partial charge on any atom is 0.416 e. The van der Waals surface area contributed by atoms with Gasteiger partial charge in [-0.1, -0.05) is 17.4 Å². The molecule has 3 aromatic rings. The molecule has 0 spiro atoms. The molecular formula is C22H22F3N3O2S. The molecule has 1 aromatic heterocycles. The Labute approximate surface area is 182 Å². The highest BCUT2D eigenvalue weighted by Crippen LogP contribution is 2.35. The lowest BCUT2D eigenvalue weighted by molar-refractivity contribution is -0.137. The first-order chi connectivity index (χ1) is 14.7. The van der Waals surface area contributed by atoms with Crippen LogP contribution >= 0.6 is 11.3 Å². The van der Waals surface area contributed by atoms with Crippen molar-refractivity contribution in [3.05, 3.63) is 53.1 Å². The molecule has 0 amide bonds. The standard InChI is InChI=1S/C22H22F3N3O2S/c1-14-9-16(11-18(10-14)30-15(2)29)13-27-5-7-28(8-6-27)21-26-19-4-3-17(22(23,24)25)12-20(19)31-21/h3-4,9-12H,5-8,13H2,1-2H3. The molecule has 0 atom stereocenters. The molecule has 0 radical (unpaired) electrons. The van der Waals surface area contributed by atoms with E-state index in [2.05, 4.69) is 20.9 Å². The van der Waals surface area contributed by atoms with Crippen LogP contribution in [0.15, 0.2) is 36.4 Å². The summed E-state index contributed by atoms with van der Waals surface area (Å²) in [7, 11) is 0. The van der Waals surface area contributed by atoms with Gasteiger partial charge in [0.25, 0.3) is 0 Å². The SMILES string of the molecule is CC(=O)Oc1cc(C)cc(CN2CCN(c3nc4ccc(C(F)(F)F)cc4s3)CC2)c1. The highest BCUT2D eigenvalue weighted by atomic mass is 32.1. The number of esters is 1. The fourth-order valence-corrected chi connectivity index (χ4v) is 4.78. The highest BCUT2D eigenvalue weighted by Gasteiger charge is 2.31. The number of carbonyl (C=O) groups is 1. The highest BCUT2D eigenvalue weighted by molar-refractivity contribution is 7.22. The molecule has 0 aliphatic carbocycles. The summed E-state index contributed by atoms with van der Waals surface area (Å²) in [5.74, 6) is 0.206. The summed E-state index contributed by atoms with van der Waals surface area (Å²) in [6.07, 6.45) is -4.35. The Morgan fingerprint density at radius 2 is 1.87 bits per heavy atom. The fourth-order valence-electron chi connectivity index (χ4n) is 3.72. The molecule has 0 saturated carbocycles. The van der Waals surface area contributed by atoms with Crippen LogP contribution in [0.2, 0.25) is 0 Å². The van der Waals surface area contributed by atoms with Gasteiger partial charge in [-0.3, -0.25) is 9.69 Å². The van der Waals surface area contributed by atoms with Gasteiger partial charge in [0, 0.05) is 39.6 Å². The van der Waals surface area contributed by atoms with E-state index < -0.39 is 11.7 Å². The van der Waals surface area contributed by atoms with Crippen LogP contribution in [0.5, 0.6) is 5.75 Å². The molecular weight excluding hydrogens is 427 g/mol. The summed E-state index contributed by atoms with van der Waals surface area (Å²) >= 11 is 1.30. The second-order valence-corrected chi connectivity index (χ2v) is 8.70. The minimum Gasteiger partial charge on any atom is -0.427 e. The van der Waals surface area contributed by atoms with Crippen LogP contribution in [-0.2, 0) is 17.5 Å². The Balaban J connectivity index is 1.41. The third-order valence-corrected chi connectivity index (χ3v) is 6.20. The molecule has 1 aliphatic rings. The van der Waals surface area contributed by atoms with E-state index in [1.54, 1.807) is 0 Å². The molecule has 5 nitrogen and oxygen atoms in total. The van der Waals surface area contributed by atoms with E-state index in [0.717, 1.165) is 55.0 Å². The van der Waals surface area contributed by atoms with Crippen molar-refractivity contribution >= 4 is 32.7 Å². The van der Waals surface area contributed by atoms with Crippen molar-refractivity contribution in [2.75, 3.05) is 31.1 Å². The van der Waals surface area contributed by atoms with Gasteiger partial charge in [-0.15, -0.1) is 0 Å². The molecule has 0 N–H and O–H groups in total. The number of benzene rings is 2. The van der Waals surface area contributed by atoms with Crippen molar-refractivity contribution in [3.63, 3.8) is 0 Å². The Morgan fingerprint density at radius 3 is 2.55 bits per heavy atom. The number of halogens is 3. The average Bonchev–Trinajstić information content (AvgIpc) is 3.10. The van der Waals surface area contributed by atoms with E-state index in [0.29, 0.717) is 16.0 Å². The topological polar surface area (TPSA) is 45.7 Å². The van der Waals surface area contributed by atoms with Crippen LogP contribution in [0.4, 0.5) is 18.3 Å². The number of anilines is 1. The van der Waals surface area contributed by atoms with Crippen molar-refractivity contribution < 1.29 is 22.7 Å². The van der Waals surface area contributed by atoms with E-state index in [9.17, 15) is 18.0 Å². The molecule has 1 saturated heterocycles. The molecule has 0 bridgehead atoms. The number of piperazine rings is 1. The van der Waals surface area contributed by atoms with Gasteiger partial charge in [0.05, 0.1) is 15.8 Å². The summed E-state index contributed by atoms with van der Waals surface area (Å²) < 4.78 is 44.6. The monoisotopic (exact) mass is 449 g/mol. The normalized spacial score (nSPS) is 15.5. The smallest absolute Gasteiger partial charge is 0.416 e. The lowest BCUT2D eigenvalue weighted by atomic mass is 10.1. The first-order valence-corrected chi connectivity index (χ1v) is 10.7. The fraction of sp³-hybridized carbons (Fsp3) is 0.364. The van der Waals surface area contributed by atoms with Gasteiger partial charge in [-0.2, -0.15) is 13.2 Å². The number of thiazole rings is 1. The van der Waals surface area contributed by atoms with Gasteiger partial charge in [0.15, 0.2) is 5.13 Å². The van der Waals surface area contributed by atoms with E-state index in [1.165, 1.54) is 30.4 Å². The summed E-state index contributed by atoms with van der Waals surface area (Å²) in [6, 6.07) is 9.48. The van der Waals surface area contributed by atoms with Crippen LogP contribution in [0.3, 0.4) is 0 Å². The van der Waals surface area contributed by atoms with E-state index >= 15 is 0 Å². The first-order valence-electron chi connectivity index (χ1n) is 9.91. The molecule has 31 heavy (non-hydrogen) atoms. The van der Waals surface area contributed by atoms with Crippen LogP contribution in [0.25, 0.3) is 10.2 Å². The van der Waals surface area contributed by atoms with Crippen LogP contribution in [-0.4, -0.2) is 42.0 Å². The molecule has 2 heterocycles. The van der Waals surface area contributed by atoms with Crippen molar-refractivity contribution in [1.29, 1.82) is 0 Å². The minimum atomic E-state index is -4.35. The molecule has 4 rings (SSSR count). The Kier molecular flexibility index (Phi) is 5.90. The van der Waals surface area contributed by atoms with Crippen molar-refractivity contribution in [1.82, 2.24) is 9.88 Å². The van der Waals surface area contributed by atoms with Gasteiger partial charge in [0.1, 0.15) is 5.75 Å². The first kappa shape index (κ1) is 21.6. The summed E-state index contributed by atoms with van der Waals surface area (Å²) in [4.78, 5) is 20.2. The van der Waals surface area contributed by atoms with E-state index in [-0.39, 0.29) is 5.97 Å². The van der Waals surface area contributed by atoms with Gasteiger partial charge >= 0.3 is 12.1 Å². The van der Waals surface area contributed by atoms with Crippen molar-refractivity contribution in [2.45, 2.75) is 26.6 Å². The second kappa shape index (κ2) is 8.47.